The Kier molecular flexibility index (Phi) is 4.65. The van der Waals surface area contributed by atoms with E-state index in [0.29, 0.717) is 11.6 Å². The third kappa shape index (κ3) is 4.40. The zero-order valence-electron chi connectivity index (χ0n) is 11.0. The van der Waals surface area contributed by atoms with Gasteiger partial charge in [0, 0.05) is 19.2 Å². The van der Waals surface area contributed by atoms with E-state index in [-0.39, 0.29) is 18.4 Å². The zero-order valence-corrected chi connectivity index (χ0v) is 11.0. The number of hydrogen-bond acceptors (Lipinski definition) is 4. The molecule has 0 unspecified atom stereocenters. The first-order valence-corrected chi connectivity index (χ1v) is 5.51. The van der Waals surface area contributed by atoms with Crippen molar-refractivity contribution in [1.29, 1.82) is 0 Å². The molecular weight excluding hydrogens is 234 g/mol. The monoisotopic (exact) mass is 251 g/mol. The van der Waals surface area contributed by atoms with Crippen LogP contribution in [0.4, 0.5) is 5.82 Å². The summed E-state index contributed by atoms with van der Waals surface area (Å²) >= 11 is 0. The Bertz CT molecular complexity index is 473. The summed E-state index contributed by atoms with van der Waals surface area (Å²) in [5.74, 6) is 0.433. The van der Waals surface area contributed by atoms with Crippen molar-refractivity contribution in [2.75, 3.05) is 18.9 Å². The number of aromatic nitrogens is 1. The summed E-state index contributed by atoms with van der Waals surface area (Å²) in [7, 11) is 1.56. The van der Waals surface area contributed by atoms with Gasteiger partial charge in [-0.1, -0.05) is 10.7 Å². The highest BCUT2D eigenvalue weighted by Crippen LogP contribution is 2.06. The molecule has 0 atom stereocenters. The number of rotatable bonds is 4. The molecule has 2 amide bonds. The molecule has 0 aliphatic carbocycles. The highest BCUT2D eigenvalue weighted by Gasteiger charge is 2.12. The van der Waals surface area contributed by atoms with E-state index in [4.69, 9.17) is 4.52 Å². The van der Waals surface area contributed by atoms with Crippen molar-refractivity contribution >= 4 is 17.6 Å². The van der Waals surface area contributed by atoms with E-state index in [2.05, 4.69) is 10.5 Å². The molecule has 6 heteroatoms. The molecular formula is C12H17N3O3. The van der Waals surface area contributed by atoms with Crippen molar-refractivity contribution in [3.8, 4) is 0 Å². The second kappa shape index (κ2) is 6.00. The lowest BCUT2D eigenvalue weighted by atomic mass is 10.3. The van der Waals surface area contributed by atoms with Gasteiger partial charge < -0.3 is 14.7 Å². The van der Waals surface area contributed by atoms with E-state index in [1.807, 2.05) is 13.8 Å². The fourth-order valence-electron chi connectivity index (χ4n) is 1.26. The Morgan fingerprint density at radius 1 is 1.50 bits per heavy atom. The summed E-state index contributed by atoms with van der Waals surface area (Å²) in [6, 6.07) is 1.61. The molecule has 98 valence electrons. The number of aryl methyl sites for hydroxylation is 1. The lowest BCUT2D eigenvalue weighted by molar-refractivity contribution is -0.129. The molecule has 0 radical (unpaired) electrons. The topological polar surface area (TPSA) is 75.4 Å². The number of amides is 2. The number of carbonyl (C=O) groups is 2. The van der Waals surface area contributed by atoms with Gasteiger partial charge in [0.15, 0.2) is 5.82 Å². The maximum Gasteiger partial charge on any atom is 0.246 e. The summed E-state index contributed by atoms with van der Waals surface area (Å²) in [5, 5.41) is 6.18. The summed E-state index contributed by atoms with van der Waals surface area (Å²) < 4.78 is 4.82. The Morgan fingerprint density at radius 2 is 2.17 bits per heavy atom. The maximum absolute atomic E-state index is 11.6. The van der Waals surface area contributed by atoms with Crippen LogP contribution < -0.4 is 5.32 Å². The zero-order chi connectivity index (χ0) is 13.7. The van der Waals surface area contributed by atoms with Crippen LogP contribution in [-0.4, -0.2) is 35.5 Å². The van der Waals surface area contributed by atoms with E-state index in [1.165, 1.54) is 11.0 Å². The largest absolute Gasteiger partial charge is 0.360 e. The van der Waals surface area contributed by atoms with Crippen LogP contribution in [0.1, 0.15) is 19.6 Å². The Balaban J connectivity index is 2.50. The third-order valence-electron chi connectivity index (χ3n) is 2.06. The van der Waals surface area contributed by atoms with E-state index in [0.717, 1.165) is 5.57 Å². The van der Waals surface area contributed by atoms with Crippen LogP contribution in [0.3, 0.4) is 0 Å². The van der Waals surface area contributed by atoms with E-state index in [1.54, 1.807) is 20.0 Å². The minimum atomic E-state index is -0.318. The molecule has 1 heterocycles. The second-order valence-corrected chi connectivity index (χ2v) is 4.29. The fourth-order valence-corrected chi connectivity index (χ4v) is 1.26. The van der Waals surface area contributed by atoms with Crippen molar-refractivity contribution in [1.82, 2.24) is 10.1 Å². The van der Waals surface area contributed by atoms with Crippen LogP contribution in [0.25, 0.3) is 0 Å². The number of likely N-dealkylation sites (N-methyl/N-ethyl adjacent to an activating group) is 1. The Labute approximate surface area is 106 Å². The number of hydrogen-bond donors (Lipinski definition) is 1. The molecule has 0 fully saturated rings. The van der Waals surface area contributed by atoms with Gasteiger partial charge in [0.25, 0.3) is 0 Å². The molecule has 0 aliphatic rings. The molecule has 0 aliphatic heterocycles. The minimum absolute atomic E-state index is 0.0332. The van der Waals surface area contributed by atoms with Gasteiger partial charge >= 0.3 is 0 Å². The molecule has 0 spiro atoms. The second-order valence-electron chi connectivity index (χ2n) is 4.29. The van der Waals surface area contributed by atoms with Crippen molar-refractivity contribution < 1.29 is 14.1 Å². The molecule has 0 bridgehead atoms. The summed E-state index contributed by atoms with van der Waals surface area (Å²) in [6.07, 6.45) is 1.48. The standard InChI is InChI=1S/C12H17N3O3/c1-8(2)5-12(17)15(4)7-11(16)13-10-6-9(3)18-14-10/h5-6H,7H2,1-4H3,(H,13,14,16). The van der Waals surface area contributed by atoms with Gasteiger partial charge in [-0.3, -0.25) is 9.59 Å². The van der Waals surface area contributed by atoms with Gasteiger partial charge in [-0.2, -0.15) is 0 Å². The smallest absolute Gasteiger partial charge is 0.246 e. The highest BCUT2D eigenvalue weighted by molar-refractivity contribution is 5.96. The maximum atomic E-state index is 11.6. The lowest BCUT2D eigenvalue weighted by Gasteiger charge is -2.14. The van der Waals surface area contributed by atoms with Crippen LogP contribution in [0.15, 0.2) is 22.2 Å². The minimum Gasteiger partial charge on any atom is -0.360 e. The third-order valence-corrected chi connectivity index (χ3v) is 2.06. The number of anilines is 1. The molecule has 0 saturated carbocycles. The number of nitrogens with zero attached hydrogens (tertiary/aromatic N) is 2. The van der Waals surface area contributed by atoms with Gasteiger partial charge in [0.2, 0.25) is 11.8 Å². The predicted octanol–water partition coefficient (Wildman–Crippen LogP) is 1.35. The highest BCUT2D eigenvalue weighted by atomic mass is 16.5. The molecule has 0 saturated heterocycles. The molecule has 18 heavy (non-hydrogen) atoms. The predicted molar refractivity (Wildman–Crippen MR) is 66.9 cm³/mol. The van der Waals surface area contributed by atoms with E-state index < -0.39 is 0 Å². The average molecular weight is 251 g/mol. The van der Waals surface area contributed by atoms with Crippen LogP contribution in [0, 0.1) is 6.92 Å². The van der Waals surface area contributed by atoms with Crippen LogP contribution in [0.5, 0.6) is 0 Å². The summed E-state index contributed by atoms with van der Waals surface area (Å²) in [4.78, 5) is 24.5. The Hall–Kier alpha value is -2.11. The Morgan fingerprint density at radius 3 is 2.67 bits per heavy atom. The summed E-state index contributed by atoms with van der Waals surface area (Å²) in [6.45, 7) is 5.34. The van der Waals surface area contributed by atoms with Crippen molar-refractivity contribution in [3.63, 3.8) is 0 Å². The van der Waals surface area contributed by atoms with Gasteiger partial charge in [-0.15, -0.1) is 0 Å². The number of allylic oxidation sites excluding steroid dienone is 1. The van der Waals surface area contributed by atoms with Crippen molar-refractivity contribution in [2.45, 2.75) is 20.8 Å². The molecule has 1 aromatic rings. The fraction of sp³-hybridized carbons (Fsp3) is 0.417. The normalized spacial score (nSPS) is 9.78. The number of nitrogens with one attached hydrogen (secondary N) is 1. The van der Waals surface area contributed by atoms with Crippen molar-refractivity contribution in [3.05, 3.63) is 23.5 Å². The molecule has 6 nitrogen and oxygen atoms in total. The molecule has 1 aromatic heterocycles. The first-order chi connectivity index (χ1) is 8.38. The quantitative estimate of drug-likeness (QED) is 0.819. The van der Waals surface area contributed by atoms with Crippen LogP contribution >= 0.6 is 0 Å². The van der Waals surface area contributed by atoms with Crippen LogP contribution in [-0.2, 0) is 9.59 Å². The SMILES string of the molecule is CC(C)=CC(=O)N(C)CC(=O)Nc1cc(C)on1. The van der Waals surface area contributed by atoms with E-state index in [9.17, 15) is 9.59 Å². The van der Waals surface area contributed by atoms with Gasteiger partial charge in [0.1, 0.15) is 5.76 Å². The van der Waals surface area contributed by atoms with Gasteiger partial charge in [-0.25, -0.2) is 0 Å². The average Bonchev–Trinajstić information content (AvgIpc) is 2.62. The van der Waals surface area contributed by atoms with Crippen molar-refractivity contribution in [2.24, 2.45) is 0 Å². The first kappa shape index (κ1) is 14.0. The molecule has 0 aromatic carbocycles. The number of carbonyl (C=O) groups excluding carboxylic acids is 2. The lowest BCUT2D eigenvalue weighted by Crippen LogP contribution is -2.34. The molecule has 1 rings (SSSR count). The molecule has 1 N–H and O–H groups in total. The van der Waals surface area contributed by atoms with Gasteiger partial charge in [-0.05, 0) is 20.8 Å². The summed E-state index contributed by atoms with van der Waals surface area (Å²) in [5.41, 5.74) is 0.888. The first-order valence-electron chi connectivity index (χ1n) is 5.51. The van der Waals surface area contributed by atoms with E-state index >= 15 is 0 Å². The van der Waals surface area contributed by atoms with Crippen LogP contribution in [0.2, 0.25) is 0 Å². The van der Waals surface area contributed by atoms with Gasteiger partial charge in [0.05, 0.1) is 6.54 Å².